The molecule has 3 aromatic carbocycles. The Morgan fingerprint density at radius 2 is 1.50 bits per heavy atom. The fourth-order valence-corrected chi connectivity index (χ4v) is 3.44. The first-order chi connectivity index (χ1) is 12.7. The van der Waals surface area contributed by atoms with Crippen molar-refractivity contribution in [3.05, 3.63) is 94.2 Å². The van der Waals surface area contributed by atoms with Crippen molar-refractivity contribution < 1.29 is 4.74 Å². The molecule has 0 radical (unpaired) electrons. The summed E-state index contributed by atoms with van der Waals surface area (Å²) in [7, 11) is 0. The molecule has 0 aliphatic rings. The van der Waals surface area contributed by atoms with Crippen LogP contribution in [0.1, 0.15) is 11.4 Å². The maximum absolute atomic E-state index is 6.37. The summed E-state index contributed by atoms with van der Waals surface area (Å²) in [6, 6.07) is 23.3. The van der Waals surface area contributed by atoms with Gasteiger partial charge in [0.2, 0.25) is 0 Å². The van der Waals surface area contributed by atoms with Gasteiger partial charge in [-0.15, -0.1) is 0 Å². The molecule has 3 nitrogen and oxygen atoms in total. The molecule has 0 N–H and O–H groups in total. The fourth-order valence-electron chi connectivity index (χ4n) is 2.92. The van der Waals surface area contributed by atoms with Crippen LogP contribution in [0.4, 0.5) is 0 Å². The van der Waals surface area contributed by atoms with Crippen LogP contribution >= 0.6 is 23.2 Å². The van der Waals surface area contributed by atoms with Crippen LogP contribution in [-0.2, 0) is 13.2 Å². The molecule has 130 valence electrons. The van der Waals surface area contributed by atoms with Gasteiger partial charge in [-0.2, -0.15) is 0 Å². The van der Waals surface area contributed by atoms with Crippen molar-refractivity contribution in [1.29, 1.82) is 0 Å². The molecule has 0 bridgehead atoms. The quantitative estimate of drug-likeness (QED) is 0.425. The molecule has 0 spiro atoms. The van der Waals surface area contributed by atoms with Gasteiger partial charge in [-0.25, -0.2) is 4.98 Å². The molecule has 0 aliphatic carbocycles. The number of imidazole rings is 1. The van der Waals surface area contributed by atoms with Crippen LogP contribution in [0.5, 0.6) is 5.75 Å². The van der Waals surface area contributed by atoms with E-state index in [0.29, 0.717) is 23.2 Å². The summed E-state index contributed by atoms with van der Waals surface area (Å²) in [4.78, 5) is 4.74. The topological polar surface area (TPSA) is 27.1 Å². The van der Waals surface area contributed by atoms with E-state index in [4.69, 9.17) is 32.9 Å². The van der Waals surface area contributed by atoms with Crippen molar-refractivity contribution in [3.63, 3.8) is 0 Å². The average Bonchev–Trinajstić information content (AvgIpc) is 3.01. The van der Waals surface area contributed by atoms with E-state index in [1.807, 2.05) is 72.8 Å². The molecule has 0 saturated heterocycles. The molecule has 0 fully saturated rings. The molecule has 5 heteroatoms. The molecule has 4 aromatic rings. The van der Waals surface area contributed by atoms with E-state index in [0.717, 1.165) is 28.2 Å². The van der Waals surface area contributed by atoms with Gasteiger partial charge in [-0.05, 0) is 36.4 Å². The Morgan fingerprint density at radius 3 is 2.27 bits per heavy atom. The summed E-state index contributed by atoms with van der Waals surface area (Å²) < 4.78 is 8.01. The Balaban J connectivity index is 1.72. The Kier molecular flexibility index (Phi) is 4.83. The highest BCUT2D eigenvalue weighted by Crippen LogP contribution is 2.28. The normalized spacial score (nSPS) is 11.0. The van der Waals surface area contributed by atoms with Crippen molar-refractivity contribution in [2.75, 3.05) is 0 Å². The van der Waals surface area contributed by atoms with E-state index in [9.17, 15) is 0 Å². The minimum absolute atomic E-state index is 0.362. The number of ether oxygens (including phenoxy) is 1. The highest BCUT2D eigenvalue weighted by atomic mass is 35.5. The van der Waals surface area contributed by atoms with E-state index < -0.39 is 0 Å². The summed E-state index contributed by atoms with van der Waals surface area (Å²) in [6.07, 6.45) is 0. The van der Waals surface area contributed by atoms with Crippen LogP contribution in [0, 0.1) is 0 Å². The van der Waals surface area contributed by atoms with E-state index in [2.05, 4.69) is 4.57 Å². The summed E-state index contributed by atoms with van der Waals surface area (Å²) >= 11 is 12.7. The first-order valence-electron chi connectivity index (χ1n) is 8.27. The smallest absolute Gasteiger partial charge is 0.148 e. The monoisotopic (exact) mass is 382 g/mol. The van der Waals surface area contributed by atoms with Crippen molar-refractivity contribution in [3.8, 4) is 5.75 Å². The third-order valence-corrected chi connectivity index (χ3v) is 4.93. The third kappa shape index (κ3) is 3.41. The van der Waals surface area contributed by atoms with Crippen molar-refractivity contribution in [2.24, 2.45) is 0 Å². The van der Waals surface area contributed by atoms with Gasteiger partial charge < -0.3 is 9.30 Å². The average molecular weight is 383 g/mol. The lowest BCUT2D eigenvalue weighted by Crippen LogP contribution is -2.09. The second kappa shape index (κ2) is 7.40. The molecule has 26 heavy (non-hydrogen) atoms. The Bertz CT molecular complexity index is 1020. The van der Waals surface area contributed by atoms with Crippen LogP contribution in [0.3, 0.4) is 0 Å². The van der Waals surface area contributed by atoms with Crippen molar-refractivity contribution in [1.82, 2.24) is 9.55 Å². The van der Waals surface area contributed by atoms with Crippen LogP contribution < -0.4 is 4.74 Å². The van der Waals surface area contributed by atoms with Gasteiger partial charge >= 0.3 is 0 Å². The number of nitrogens with zero attached hydrogens (tertiary/aromatic N) is 2. The molecular formula is C21H16Cl2N2O. The SMILES string of the molecule is Clc1cccc(Cl)c1Cn1c(COc2ccccc2)nc2ccccc21. The number of aromatic nitrogens is 2. The fraction of sp³-hybridized carbons (Fsp3) is 0.0952. The van der Waals surface area contributed by atoms with Crippen LogP contribution in [0.25, 0.3) is 11.0 Å². The number of rotatable bonds is 5. The maximum Gasteiger partial charge on any atom is 0.148 e. The molecule has 4 rings (SSSR count). The Labute approximate surface area is 161 Å². The van der Waals surface area contributed by atoms with E-state index >= 15 is 0 Å². The molecule has 0 amide bonds. The van der Waals surface area contributed by atoms with Crippen molar-refractivity contribution in [2.45, 2.75) is 13.2 Å². The lowest BCUT2D eigenvalue weighted by atomic mass is 10.2. The second-order valence-electron chi connectivity index (χ2n) is 5.90. The van der Waals surface area contributed by atoms with Gasteiger partial charge in [-0.3, -0.25) is 0 Å². The number of hydrogen-bond donors (Lipinski definition) is 0. The lowest BCUT2D eigenvalue weighted by Gasteiger charge is -2.13. The predicted octanol–water partition coefficient (Wildman–Crippen LogP) is 5.97. The summed E-state index contributed by atoms with van der Waals surface area (Å²) in [5, 5.41) is 1.29. The van der Waals surface area contributed by atoms with Gasteiger partial charge in [0.1, 0.15) is 18.2 Å². The number of benzene rings is 3. The van der Waals surface area contributed by atoms with Crippen LogP contribution in [-0.4, -0.2) is 9.55 Å². The molecular weight excluding hydrogens is 367 g/mol. The van der Waals surface area contributed by atoms with Crippen LogP contribution in [0.2, 0.25) is 10.0 Å². The molecule has 1 heterocycles. The zero-order valence-electron chi connectivity index (χ0n) is 13.9. The molecule has 0 atom stereocenters. The van der Waals surface area contributed by atoms with E-state index in [1.165, 1.54) is 0 Å². The first-order valence-corrected chi connectivity index (χ1v) is 9.03. The standard InChI is InChI=1S/C21H16Cl2N2O/c22-17-9-6-10-18(23)16(17)13-25-20-12-5-4-11-19(20)24-21(25)14-26-15-7-2-1-3-8-15/h1-12H,13-14H2. The summed E-state index contributed by atoms with van der Waals surface area (Å²) in [5.41, 5.74) is 2.82. The van der Waals surface area contributed by atoms with Crippen LogP contribution in [0.15, 0.2) is 72.8 Å². The zero-order chi connectivity index (χ0) is 17.9. The van der Waals surface area contributed by atoms with E-state index in [-0.39, 0.29) is 0 Å². The Hall–Kier alpha value is -2.49. The highest BCUT2D eigenvalue weighted by Gasteiger charge is 2.14. The minimum Gasteiger partial charge on any atom is -0.486 e. The predicted molar refractivity (Wildman–Crippen MR) is 106 cm³/mol. The largest absolute Gasteiger partial charge is 0.486 e. The molecule has 0 aliphatic heterocycles. The maximum atomic E-state index is 6.37. The second-order valence-corrected chi connectivity index (χ2v) is 6.72. The van der Waals surface area contributed by atoms with Gasteiger partial charge in [0.15, 0.2) is 0 Å². The number of fused-ring (bicyclic) bond motifs is 1. The Morgan fingerprint density at radius 1 is 0.808 bits per heavy atom. The number of para-hydroxylation sites is 3. The van der Waals surface area contributed by atoms with E-state index in [1.54, 1.807) is 0 Å². The van der Waals surface area contributed by atoms with Gasteiger partial charge in [0, 0.05) is 15.6 Å². The summed E-state index contributed by atoms with van der Waals surface area (Å²) in [5.74, 6) is 1.63. The third-order valence-electron chi connectivity index (χ3n) is 4.22. The highest BCUT2D eigenvalue weighted by molar-refractivity contribution is 6.36. The summed E-state index contributed by atoms with van der Waals surface area (Å²) in [6.45, 7) is 0.896. The molecule has 0 saturated carbocycles. The first kappa shape index (κ1) is 17.0. The minimum atomic E-state index is 0.362. The zero-order valence-corrected chi connectivity index (χ0v) is 15.4. The van der Waals surface area contributed by atoms with Crippen molar-refractivity contribution >= 4 is 34.2 Å². The number of hydrogen-bond acceptors (Lipinski definition) is 2. The van der Waals surface area contributed by atoms with Gasteiger partial charge in [-0.1, -0.05) is 59.6 Å². The van der Waals surface area contributed by atoms with Gasteiger partial charge in [0.05, 0.1) is 17.6 Å². The van der Waals surface area contributed by atoms with Gasteiger partial charge in [0.25, 0.3) is 0 Å². The lowest BCUT2D eigenvalue weighted by molar-refractivity contribution is 0.291. The molecule has 0 unspecified atom stereocenters. The molecule has 1 aromatic heterocycles. The number of halogens is 2.